The molecule has 1 saturated heterocycles. The van der Waals surface area contributed by atoms with Gasteiger partial charge in [-0.15, -0.1) is 5.10 Å². The van der Waals surface area contributed by atoms with E-state index < -0.39 is 0 Å². The van der Waals surface area contributed by atoms with E-state index in [1.807, 2.05) is 37.3 Å². The fraction of sp³-hybridized carbons (Fsp3) is 0.316. The average molecular weight is 364 g/mol. The molecule has 27 heavy (non-hydrogen) atoms. The van der Waals surface area contributed by atoms with Gasteiger partial charge in [0.25, 0.3) is 5.91 Å². The van der Waals surface area contributed by atoms with Gasteiger partial charge in [-0.3, -0.25) is 14.6 Å². The van der Waals surface area contributed by atoms with E-state index in [0.29, 0.717) is 37.3 Å². The molecular formula is C19H20N6O2. The lowest BCUT2D eigenvalue weighted by atomic mass is 9.96. The van der Waals surface area contributed by atoms with Gasteiger partial charge in [0.05, 0.1) is 16.9 Å². The number of rotatable bonds is 3. The topological polar surface area (TPSA) is 107 Å². The number of aromatic nitrogens is 4. The molecule has 0 radical (unpaired) electrons. The summed E-state index contributed by atoms with van der Waals surface area (Å²) in [6.07, 6.45) is 2.90. The summed E-state index contributed by atoms with van der Waals surface area (Å²) in [5, 5.41) is 9.32. The summed E-state index contributed by atoms with van der Waals surface area (Å²) < 4.78 is 1.65. The number of hydrogen-bond donors (Lipinski definition) is 1. The van der Waals surface area contributed by atoms with Crippen molar-refractivity contribution in [1.82, 2.24) is 24.9 Å². The summed E-state index contributed by atoms with van der Waals surface area (Å²) in [5.74, 6) is -0.630. The summed E-state index contributed by atoms with van der Waals surface area (Å²) in [6.45, 7) is 2.81. The fourth-order valence-electron chi connectivity index (χ4n) is 3.53. The summed E-state index contributed by atoms with van der Waals surface area (Å²) in [7, 11) is 0. The molecule has 0 spiro atoms. The lowest BCUT2D eigenvalue weighted by Crippen LogP contribution is -2.42. The van der Waals surface area contributed by atoms with Gasteiger partial charge >= 0.3 is 0 Å². The highest BCUT2D eigenvalue weighted by molar-refractivity contribution is 5.94. The van der Waals surface area contributed by atoms with E-state index in [1.165, 1.54) is 0 Å². The zero-order chi connectivity index (χ0) is 19.0. The summed E-state index contributed by atoms with van der Waals surface area (Å²) in [4.78, 5) is 30.3. The van der Waals surface area contributed by atoms with E-state index in [2.05, 4.69) is 15.3 Å². The molecule has 0 unspecified atom stereocenters. The normalized spacial score (nSPS) is 15.2. The van der Waals surface area contributed by atoms with Gasteiger partial charge in [-0.25, -0.2) is 4.68 Å². The highest BCUT2D eigenvalue weighted by atomic mass is 16.2. The molecule has 1 aromatic carbocycles. The molecule has 1 aliphatic heterocycles. The van der Waals surface area contributed by atoms with Crippen molar-refractivity contribution in [3.05, 3.63) is 47.9 Å². The third kappa shape index (κ3) is 3.03. The lowest BCUT2D eigenvalue weighted by molar-refractivity contribution is -0.123. The standard InChI is InChI=1S/C19H20N6O2/c1-12-16(19(27)24-10-7-14(8-11-24)18(20)26)22-23-25(12)15-6-2-4-13-5-3-9-21-17(13)15/h2-6,9,14H,7-8,10-11H2,1H3,(H2,20,26). The molecule has 3 aromatic rings. The quantitative estimate of drug-likeness (QED) is 0.757. The van der Waals surface area contributed by atoms with Gasteiger partial charge in [0.2, 0.25) is 5.91 Å². The number of carbonyl (C=O) groups excluding carboxylic acids is 2. The van der Waals surface area contributed by atoms with Crippen molar-refractivity contribution in [3.63, 3.8) is 0 Å². The molecule has 2 aromatic heterocycles. The molecule has 2 amide bonds. The van der Waals surface area contributed by atoms with Crippen LogP contribution in [0.25, 0.3) is 16.6 Å². The van der Waals surface area contributed by atoms with Gasteiger partial charge in [0.15, 0.2) is 5.69 Å². The van der Waals surface area contributed by atoms with Crippen LogP contribution in [0.2, 0.25) is 0 Å². The van der Waals surface area contributed by atoms with E-state index in [9.17, 15) is 9.59 Å². The Kier molecular flexibility index (Phi) is 4.31. The predicted molar refractivity (Wildman–Crippen MR) is 99.2 cm³/mol. The Hall–Kier alpha value is -3.29. The number of nitrogens with zero attached hydrogens (tertiary/aromatic N) is 5. The third-order valence-electron chi connectivity index (χ3n) is 5.12. The largest absolute Gasteiger partial charge is 0.369 e. The number of hydrogen-bond acceptors (Lipinski definition) is 5. The first kappa shape index (κ1) is 17.1. The maximum Gasteiger partial charge on any atom is 0.276 e. The van der Waals surface area contributed by atoms with Crippen molar-refractivity contribution in [1.29, 1.82) is 0 Å². The van der Waals surface area contributed by atoms with Crippen LogP contribution in [0.5, 0.6) is 0 Å². The van der Waals surface area contributed by atoms with Crippen LogP contribution < -0.4 is 5.73 Å². The zero-order valence-corrected chi connectivity index (χ0v) is 15.0. The first-order chi connectivity index (χ1) is 13.1. The number of carbonyl (C=O) groups is 2. The Morgan fingerprint density at radius 1 is 1.15 bits per heavy atom. The number of fused-ring (bicyclic) bond motifs is 1. The van der Waals surface area contributed by atoms with E-state index in [4.69, 9.17) is 5.73 Å². The first-order valence-corrected chi connectivity index (χ1v) is 8.91. The second-order valence-electron chi connectivity index (χ2n) is 6.76. The Morgan fingerprint density at radius 2 is 1.89 bits per heavy atom. The SMILES string of the molecule is Cc1c(C(=O)N2CCC(C(N)=O)CC2)nnn1-c1cccc2cccnc12. The summed E-state index contributed by atoms with van der Waals surface area (Å²) in [6, 6.07) is 9.67. The molecule has 1 fully saturated rings. The molecule has 2 N–H and O–H groups in total. The van der Waals surface area contributed by atoms with Gasteiger partial charge < -0.3 is 10.6 Å². The number of piperidine rings is 1. The van der Waals surface area contributed by atoms with Gasteiger partial charge in [-0.2, -0.15) is 0 Å². The van der Waals surface area contributed by atoms with Gasteiger partial charge in [-0.1, -0.05) is 23.4 Å². The second-order valence-corrected chi connectivity index (χ2v) is 6.76. The Labute approximate surface area is 156 Å². The van der Waals surface area contributed by atoms with Crippen molar-refractivity contribution in [2.45, 2.75) is 19.8 Å². The van der Waals surface area contributed by atoms with Gasteiger partial charge in [-0.05, 0) is 31.9 Å². The van der Waals surface area contributed by atoms with E-state index in [1.54, 1.807) is 15.8 Å². The fourth-order valence-corrected chi connectivity index (χ4v) is 3.53. The van der Waals surface area contributed by atoms with Crippen LogP contribution in [0.4, 0.5) is 0 Å². The van der Waals surface area contributed by atoms with E-state index >= 15 is 0 Å². The van der Waals surface area contributed by atoms with Crippen molar-refractivity contribution in [2.75, 3.05) is 13.1 Å². The Balaban J connectivity index is 1.63. The number of amides is 2. The van der Waals surface area contributed by atoms with Gasteiger partial charge in [0.1, 0.15) is 0 Å². The first-order valence-electron chi connectivity index (χ1n) is 8.91. The molecule has 3 heterocycles. The second kappa shape index (κ2) is 6.79. The van der Waals surface area contributed by atoms with Crippen molar-refractivity contribution < 1.29 is 9.59 Å². The number of likely N-dealkylation sites (tertiary alicyclic amines) is 1. The van der Waals surface area contributed by atoms with Crippen molar-refractivity contribution >= 4 is 22.7 Å². The smallest absolute Gasteiger partial charge is 0.276 e. The molecule has 0 saturated carbocycles. The maximum absolute atomic E-state index is 12.9. The zero-order valence-electron chi connectivity index (χ0n) is 15.0. The molecule has 138 valence electrons. The molecular weight excluding hydrogens is 344 g/mol. The van der Waals surface area contributed by atoms with Crippen LogP contribution in [0.3, 0.4) is 0 Å². The molecule has 1 aliphatic rings. The summed E-state index contributed by atoms with van der Waals surface area (Å²) in [5.41, 5.74) is 7.93. The molecule has 0 atom stereocenters. The van der Waals surface area contributed by atoms with Crippen LogP contribution in [0, 0.1) is 12.8 Å². The predicted octanol–water partition coefficient (Wildman–Crippen LogP) is 1.46. The minimum atomic E-state index is -0.298. The van der Waals surface area contributed by atoms with E-state index in [0.717, 1.165) is 16.6 Å². The number of pyridine rings is 1. The monoisotopic (exact) mass is 364 g/mol. The van der Waals surface area contributed by atoms with Crippen LogP contribution in [-0.2, 0) is 4.79 Å². The maximum atomic E-state index is 12.9. The number of para-hydroxylation sites is 1. The van der Waals surface area contributed by atoms with Crippen molar-refractivity contribution in [3.8, 4) is 5.69 Å². The van der Waals surface area contributed by atoms with Crippen LogP contribution in [0.15, 0.2) is 36.5 Å². The Morgan fingerprint density at radius 3 is 2.63 bits per heavy atom. The minimum Gasteiger partial charge on any atom is -0.369 e. The number of benzene rings is 1. The minimum absolute atomic E-state index is 0.160. The number of primary amides is 1. The molecule has 4 rings (SSSR count). The molecule has 0 aliphatic carbocycles. The van der Waals surface area contributed by atoms with Gasteiger partial charge in [0, 0.05) is 30.6 Å². The van der Waals surface area contributed by atoms with E-state index in [-0.39, 0.29) is 17.7 Å². The van der Waals surface area contributed by atoms with Crippen LogP contribution in [-0.4, -0.2) is 49.8 Å². The highest BCUT2D eigenvalue weighted by Crippen LogP contribution is 2.23. The molecule has 8 heteroatoms. The van der Waals surface area contributed by atoms with Crippen LogP contribution in [0.1, 0.15) is 29.0 Å². The molecule has 8 nitrogen and oxygen atoms in total. The molecule has 0 bridgehead atoms. The Bertz CT molecular complexity index is 1010. The summed E-state index contributed by atoms with van der Waals surface area (Å²) >= 11 is 0. The highest BCUT2D eigenvalue weighted by Gasteiger charge is 2.29. The lowest BCUT2D eigenvalue weighted by Gasteiger charge is -2.30. The third-order valence-corrected chi connectivity index (χ3v) is 5.12. The van der Waals surface area contributed by atoms with Crippen LogP contribution >= 0.6 is 0 Å². The average Bonchev–Trinajstić information content (AvgIpc) is 3.08. The van der Waals surface area contributed by atoms with Crippen molar-refractivity contribution in [2.24, 2.45) is 11.7 Å². The number of nitrogens with two attached hydrogens (primary N) is 1.